The van der Waals surface area contributed by atoms with E-state index < -0.39 is 29.5 Å². The fourth-order valence-electron chi connectivity index (χ4n) is 1.69. The summed E-state index contributed by atoms with van der Waals surface area (Å²) in [7, 11) is 0. The zero-order chi connectivity index (χ0) is 14.6. The van der Waals surface area contributed by atoms with E-state index in [1.807, 2.05) is 0 Å². The van der Waals surface area contributed by atoms with Crippen LogP contribution < -0.4 is 4.74 Å². The molecule has 0 radical (unpaired) electrons. The maximum Gasteiger partial charge on any atom is 0.417 e. The van der Waals surface area contributed by atoms with Crippen molar-refractivity contribution in [1.82, 2.24) is 0 Å². The third-order valence-corrected chi connectivity index (χ3v) is 2.43. The second kappa shape index (κ2) is 5.93. The number of aliphatic hydroxyl groups excluding tert-OH is 1. The molecule has 0 bridgehead atoms. The minimum atomic E-state index is -4.60. The SMILES string of the molecule is C[C@H](C[C@@H](C)O)Oc1ccc(C#N)c(C(F)(F)F)c1. The lowest BCUT2D eigenvalue weighted by molar-refractivity contribution is -0.137. The van der Waals surface area contributed by atoms with E-state index in [0.29, 0.717) is 6.42 Å². The minimum Gasteiger partial charge on any atom is -0.491 e. The highest BCUT2D eigenvalue weighted by Gasteiger charge is 2.34. The normalized spacial score (nSPS) is 14.6. The molecule has 0 aliphatic heterocycles. The smallest absolute Gasteiger partial charge is 0.417 e. The van der Waals surface area contributed by atoms with Crippen molar-refractivity contribution in [2.75, 3.05) is 0 Å². The minimum absolute atomic E-state index is 0.0273. The molecule has 0 aliphatic carbocycles. The van der Waals surface area contributed by atoms with Crippen LogP contribution in [0.2, 0.25) is 0 Å². The summed E-state index contributed by atoms with van der Waals surface area (Å²) in [4.78, 5) is 0. The Balaban J connectivity index is 2.97. The van der Waals surface area contributed by atoms with Crippen LogP contribution in [-0.4, -0.2) is 17.3 Å². The number of hydrogen-bond donors (Lipinski definition) is 1. The largest absolute Gasteiger partial charge is 0.491 e. The number of halogens is 3. The van der Waals surface area contributed by atoms with Crippen LogP contribution in [0.4, 0.5) is 13.2 Å². The first-order valence-electron chi connectivity index (χ1n) is 5.70. The molecule has 3 nitrogen and oxygen atoms in total. The predicted molar refractivity (Wildman–Crippen MR) is 62.5 cm³/mol. The van der Waals surface area contributed by atoms with Crippen LogP contribution in [0.15, 0.2) is 18.2 Å². The molecule has 19 heavy (non-hydrogen) atoms. The van der Waals surface area contributed by atoms with Gasteiger partial charge in [0.1, 0.15) is 5.75 Å². The predicted octanol–water partition coefficient (Wildman–Crippen LogP) is 3.12. The average Bonchev–Trinajstić information content (AvgIpc) is 2.26. The van der Waals surface area contributed by atoms with E-state index in [4.69, 9.17) is 15.1 Å². The highest BCUT2D eigenvalue weighted by atomic mass is 19.4. The summed E-state index contributed by atoms with van der Waals surface area (Å²) in [5, 5.41) is 17.8. The summed E-state index contributed by atoms with van der Waals surface area (Å²) in [5.74, 6) is 0.0273. The fourth-order valence-corrected chi connectivity index (χ4v) is 1.69. The molecule has 0 amide bonds. The second-order valence-corrected chi connectivity index (χ2v) is 4.33. The number of hydrogen-bond acceptors (Lipinski definition) is 3. The molecule has 0 heterocycles. The molecule has 1 aromatic carbocycles. The summed E-state index contributed by atoms with van der Waals surface area (Å²) in [5.41, 5.74) is -1.46. The second-order valence-electron chi connectivity index (χ2n) is 4.33. The van der Waals surface area contributed by atoms with Crippen molar-refractivity contribution in [2.24, 2.45) is 0 Å². The number of aliphatic hydroxyl groups is 1. The van der Waals surface area contributed by atoms with Crippen LogP contribution in [-0.2, 0) is 6.18 Å². The standard InChI is InChI=1S/C13H14F3NO2/c1-8(18)5-9(2)19-11-4-3-10(7-17)12(6-11)13(14,15)16/h3-4,6,8-9,18H,5H2,1-2H3/t8-,9-/m1/s1. The third kappa shape index (κ3) is 4.45. The van der Waals surface area contributed by atoms with E-state index in [1.54, 1.807) is 13.8 Å². The van der Waals surface area contributed by atoms with Crippen LogP contribution >= 0.6 is 0 Å². The van der Waals surface area contributed by atoms with E-state index in [9.17, 15) is 13.2 Å². The van der Waals surface area contributed by atoms with E-state index in [-0.39, 0.29) is 5.75 Å². The van der Waals surface area contributed by atoms with Gasteiger partial charge >= 0.3 is 6.18 Å². The lowest BCUT2D eigenvalue weighted by Gasteiger charge is -2.17. The maximum absolute atomic E-state index is 12.7. The van der Waals surface area contributed by atoms with Crippen LogP contribution in [0.5, 0.6) is 5.75 Å². The monoisotopic (exact) mass is 273 g/mol. The molecule has 0 spiro atoms. The number of benzene rings is 1. The van der Waals surface area contributed by atoms with Gasteiger partial charge < -0.3 is 9.84 Å². The van der Waals surface area contributed by atoms with Gasteiger partial charge in [-0.3, -0.25) is 0 Å². The molecular weight excluding hydrogens is 259 g/mol. The Morgan fingerprint density at radius 2 is 2.00 bits per heavy atom. The van der Waals surface area contributed by atoms with Gasteiger partial charge in [-0.1, -0.05) is 0 Å². The van der Waals surface area contributed by atoms with Gasteiger partial charge in [0.25, 0.3) is 0 Å². The van der Waals surface area contributed by atoms with E-state index in [2.05, 4.69) is 0 Å². The van der Waals surface area contributed by atoms with Gasteiger partial charge in [0, 0.05) is 6.42 Å². The number of nitriles is 1. The Labute approximate surface area is 109 Å². The van der Waals surface area contributed by atoms with Gasteiger partial charge in [0.05, 0.1) is 29.4 Å². The van der Waals surface area contributed by atoms with Crippen molar-refractivity contribution in [2.45, 2.75) is 38.7 Å². The molecule has 1 rings (SSSR count). The van der Waals surface area contributed by atoms with Crippen LogP contribution in [0.1, 0.15) is 31.4 Å². The zero-order valence-corrected chi connectivity index (χ0v) is 10.5. The number of alkyl halides is 3. The quantitative estimate of drug-likeness (QED) is 0.917. The van der Waals surface area contributed by atoms with Gasteiger partial charge in [0.15, 0.2) is 0 Å². The number of rotatable bonds is 4. The number of ether oxygens (including phenoxy) is 1. The zero-order valence-electron chi connectivity index (χ0n) is 10.5. The Morgan fingerprint density at radius 3 is 2.47 bits per heavy atom. The topological polar surface area (TPSA) is 53.2 Å². The Hall–Kier alpha value is -1.74. The van der Waals surface area contributed by atoms with Crippen molar-refractivity contribution in [3.8, 4) is 11.8 Å². The van der Waals surface area contributed by atoms with E-state index in [1.165, 1.54) is 12.1 Å². The summed E-state index contributed by atoms with van der Waals surface area (Å²) in [6.07, 6.45) is -5.32. The Morgan fingerprint density at radius 1 is 1.37 bits per heavy atom. The van der Waals surface area contributed by atoms with Crippen molar-refractivity contribution in [3.63, 3.8) is 0 Å². The summed E-state index contributed by atoms with van der Waals surface area (Å²) < 4.78 is 43.4. The third-order valence-electron chi connectivity index (χ3n) is 2.43. The molecule has 2 atom stereocenters. The molecule has 6 heteroatoms. The molecule has 0 saturated carbocycles. The van der Waals surface area contributed by atoms with Crippen molar-refractivity contribution >= 4 is 0 Å². The van der Waals surface area contributed by atoms with Crippen LogP contribution in [0, 0.1) is 11.3 Å². The molecular formula is C13H14F3NO2. The van der Waals surface area contributed by atoms with Crippen molar-refractivity contribution < 1.29 is 23.0 Å². The maximum atomic E-state index is 12.7. The van der Waals surface area contributed by atoms with E-state index in [0.717, 1.165) is 12.1 Å². The molecule has 1 N–H and O–H groups in total. The van der Waals surface area contributed by atoms with Gasteiger partial charge in [-0.05, 0) is 32.0 Å². The molecule has 104 valence electrons. The first-order chi connectivity index (χ1) is 8.74. The fraction of sp³-hybridized carbons (Fsp3) is 0.462. The lowest BCUT2D eigenvalue weighted by atomic mass is 10.1. The lowest BCUT2D eigenvalue weighted by Crippen LogP contribution is -2.18. The van der Waals surface area contributed by atoms with Gasteiger partial charge in [0.2, 0.25) is 0 Å². The van der Waals surface area contributed by atoms with Gasteiger partial charge in [-0.2, -0.15) is 18.4 Å². The molecule has 0 fully saturated rings. The summed E-state index contributed by atoms with van der Waals surface area (Å²) >= 11 is 0. The first kappa shape index (κ1) is 15.3. The molecule has 0 aromatic heterocycles. The van der Waals surface area contributed by atoms with E-state index >= 15 is 0 Å². The highest BCUT2D eigenvalue weighted by Crippen LogP contribution is 2.34. The Kier molecular flexibility index (Phi) is 4.78. The molecule has 1 aromatic rings. The average molecular weight is 273 g/mol. The summed E-state index contributed by atoms with van der Waals surface area (Å²) in [6, 6.07) is 4.69. The molecule has 0 aliphatic rings. The highest BCUT2D eigenvalue weighted by molar-refractivity contribution is 5.44. The van der Waals surface area contributed by atoms with Crippen molar-refractivity contribution in [1.29, 1.82) is 5.26 Å². The number of nitrogens with zero attached hydrogens (tertiary/aromatic N) is 1. The molecule has 0 saturated heterocycles. The van der Waals surface area contributed by atoms with Crippen LogP contribution in [0.25, 0.3) is 0 Å². The first-order valence-corrected chi connectivity index (χ1v) is 5.70. The van der Waals surface area contributed by atoms with Crippen molar-refractivity contribution in [3.05, 3.63) is 29.3 Å². The Bertz CT molecular complexity index is 478. The van der Waals surface area contributed by atoms with Crippen LogP contribution in [0.3, 0.4) is 0 Å². The van der Waals surface area contributed by atoms with Gasteiger partial charge in [-0.25, -0.2) is 0 Å². The van der Waals surface area contributed by atoms with Gasteiger partial charge in [-0.15, -0.1) is 0 Å². The summed E-state index contributed by atoms with van der Waals surface area (Å²) in [6.45, 7) is 3.22. The molecule has 0 unspecified atom stereocenters.